The fourth-order valence-corrected chi connectivity index (χ4v) is 3.99. The van der Waals surface area contributed by atoms with E-state index in [9.17, 15) is 4.79 Å². The van der Waals surface area contributed by atoms with Crippen LogP contribution in [0, 0.1) is 23.2 Å². The Morgan fingerprint density at radius 1 is 1.33 bits per heavy atom. The van der Waals surface area contributed by atoms with Gasteiger partial charge in [-0.25, -0.2) is 0 Å². The van der Waals surface area contributed by atoms with E-state index in [1.807, 2.05) is 0 Å². The quantitative estimate of drug-likeness (QED) is 0.571. The molecule has 2 rings (SSSR count). The van der Waals surface area contributed by atoms with E-state index in [-0.39, 0.29) is 12.2 Å². The van der Waals surface area contributed by atoms with Crippen molar-refractivity contribution in [1.82, 2.24) is 0 Å². The summed E-state index contributed by atoms with van der Waals surface area (Å²) in [6, 6.07) is 0. The first kappa shape index (κ1) is 14.0. The third-order valence-electron chi connectivity index (χ3n) is 5.05. The van der Waals surface area contributed by atoms with Crippen molar-refractivity contribution in [3.63, 3.8) is 0 Å². The molecule has 0 radical (unpaired) electrons. The smallest absolute Gasteiger partial charge is 0.146 e. The first-order valence-electron chi connectivity index (χ1n) is 7.18. The number of rotatable bonds is 4. The molecule has 0 aromatic heterocycles. The van der Waals surface area contributed by atoms with Crippen LogP contribution >= 0.6 is 0 Å². The molecule has 2 aliphatic rings. The zero-order valence-corrected chi connectivity index (χ0v) is 11.9. The van der Waals surface area contributed by atoms with Crippen LogP contribution in [-0.2, 0) is 14.3 Å². The number of hydrogen-bond donors (Lipinski definition) is 0. The molecule has 18 heavy (non-hydrogen) atoms. The van der Waals surface area contributed by atoms with Crippen molar-refractivity contribution in [1.29, 1.82) is 0 Å². The Kier molecular flexibility index (Phi) is 4.44. The Labute approximate surface area is 110 Å². The zero-order valence-electron chi connectivity index (χ0n) is 11.9. The average Bonchev–Trinajstić information content (AvgIpc) is 2.34. The average molecular weight is 254 g/mol. The molecular weight excluding hydrogens is 228 g/mol. The van der Waals surface area contributed by atoms with Crippen molar-refractivity contribution < 1.29 is 14.3 Å². The van der Waals surface area contributed by atoms with Crippen LogP contribution in [0.5, 0.6) is 0 Å². The van der Waals surface area contributed by atoms with Gasteiger partial charge < -0.3 is 9.47 Å². The molecule has 3 nitrogen and oxygen atoms in total. The number of hydrogen-bond acceptors (Lipinski definition) is 3. The van der Waals surface area contributed by atoms with Crippen LogP contribution in [-0.4, -0.2) is 26.3 Å². The highest BCUT2D eigenvalue weighted by molar-refractivity contribution is 5.85. The lowest BCUT2D eigenvalue weighted by Crippen LogP contribution is -2.49. The summed E-state index contributed by atoms with van der Waals surface area (Å²) in [4.78, 5) is 12.3. The summed E-state index contributed by atoms with van der Waals surface area (Å²) >= 11 is 0. The van der Waals surface area contributed by atoms with E-state index in [0.29, 0.717) is 18.3 Å². The van der Waals surface area contributed by atoms with E-state index in [1.165, 1.54) is 19.3 Å². The molecule has 4 atom stereocenters. The summed E-state index contributed by atoms with van der Waals surface area (Å²) < 4.78 is 10.5. The van der Waals surface area contributed by atoms with Gasteiger partial charge in [0.05, 0.1) is 12.0 Å². The van der Waals surface area contributed by atoms with Crippen LogP contribution in [0.4, 0.5) is 0 Å². The van der Waals surface area contributed by atoms with Crippen LogP contribution in [0.2, 0.25) is 0 Å². The lowest BCUT2D eigenvalue weighted by molar-refractivity contribution is -0.151. The number of carbonyl (C=O) groups is 1. The van der Waals surface area contributed by atoms with E-state index in [1.54, 1.807) is 7.11 Å². The lowest BCUT2D eigenvalue weighted by atomic mass is 9.56. The zero-order chi connectivity index (χ0) is 13.2. The fourth-order valence-electron chi connectivity index (χ4n) is 3.99. The Balaban J connectivity index is 2.07. The van der Waals surface area contributed by atoms with Gasteiger partial charge in [0.1, 0.15) is 12.6 Å². The fraction of sp³-hybridized carbons (Fsp3) is 0.933. The third-order valence-corrected chi connectivity index (χ3v) is 5.05. The minimum Gasteiger partial charge on any atom is -0.359 e. The molecule has 2 fully saturated rings. The van der Waals surface area contributed by atoms with Crippen molar-refractivity contribution >= 4 is 5.78 Å². The SMILES string of the molecule is COCOC[C@@]1(C)C(=O)CC[C@H]2C[C@@H](C)CC[C@@H]21. The molecule has 0 unspecified atom stereocenters. The second-order valence-corrected chi connectivity index (χ2v) is 6.42. The monoisotopic (exact) mass is 254 g/mol. The first-order chi connectivity index (χ1) is 8.58. The van der Waals surface area contributed by atoms with E-state index >= 15 is 0 Å². The molecule has 0 aromatic carbocycles. The predicted molar refractivity (Wildman–Crippen MR) is 70.2 cm³/mol. The summed E-state index contributed by atoms with van der Waals surface area (Å²) in [7, 11) is 1.62. The number of fused-ring (bicyclic) bond motifs is 1. The van der Waals surface area contributed by atoms with Gasteiger partial charge >= 0.3 is 0 Å². The Morgan fingerprint density at radius 2 is 2.11 bits per heavy atom. The molecule has 0 bridgehead atoms. The molecule has 104 valence electrons. The second-order valence-electron chi connectivity index (χ2n) is 6.42. The van der Waals surface area contributed by atoms with E-state index in [2.05, 4.69) is 13.8 Å². The van der Waals surface area contributed by atoms with Gasteiger partial charge in [0.25, 0.3) is 0 Å². The summed E-state index contributed by atoms with van der Waals surface area (Å²) in [6.07, 6.45) is 5.56. The standard InChI is InChI=1S/C15H26O3/c1-11-4-6-13-12(8-11)5-7-14(16)15(13,2)9-18-10-17-3/h11-13H,4-10H2,1-3H3/t11-,12-,13-,15+/m0/s1. The minimum atomic E-state index is -0.276. The topological polar surface area (TPSA) is 35.5 Å². The normalized spacial score (nSPS) is 40.6. The highest BCUT2D eigenvalue weighted by atomic mass is 16.7. The number of methoxy groups -OCH3 is 1. The van der Waals surface area contributed by atoms with Gasteiger partial charge in [-0.3, -0.25) is 4.79 Å². The van der Waals surface area contributed by atoms with Gasteiger partial charge in [-0.2, -0.15) is 0 Å². The van der Waals surface area contributed by atoms with E-state index in [4.69, 9.17) is 9.47 Å². The summed E-state index contributed by atoms with van der Waals surface area (Å²) in [5, 5.41) is 0. The van der Waals surface area contributed by atoms with Crippen LogP contribution in [0.25, 0.3) is 0 Å². The molecule has 0 spiro atoms. The van der Waals surface area contributed by atoms with Crippen molar-refractivity contribution in [3.05, 3.63) is 0 Å². The van der Waals surface area contributed by atoms with Crippen molar-refractivity contribution in [2.75, 3.05) is 20.5 Å². The second kappa shape index (κ2) is 5.70. The molecule has 0 N–H and O–H groups in total. The maximum atomic E-state index is 12.3. The lowest BCUT2D eigenvalue weighted by Gasteiger charge is -2.48. The van der Waals surface area contributed by atoms with Crippen molar-refractivity contribution in [2.24, 2.45) is 23.2 Å². The van der Waals surface area contributed by atoms with Gasteiger partial charge in [-0.05, 0) is 37.0 Å². The van der Waals surface area contributed by atoms with Crippen molar-refractivity contribution in [3.8, 4) is 0 Å². The molecule has 0 saturated heterocycles. The summed E-state index contributed by atoms with van der Waals surface area (Å²) in [5.41, 5.74) is -0.276. The Bertz CT molecular complexity index is 302. The number of Topliss-reactive ketones (excluding diaryl/α,β-unsaturated/α-hetero) is 1. The minimum absolute atomic E-state index is 0.276. The Hall–Kier alpha value is -0.410. The van der Waals surface area contributed by atoms with Gasteiger partial charge in [0.15, 0.2) is 0 Å². The van der Waals surface area contributed by atoms with Gasteiger partial charge in [-0.1, -0.05) is 20.3 Å². The third kappa shape index (κ3) is 2.62. The summed E-state index contributed by atoms with van der Waals surface area (Å²) in [5.74, 6) is 2.47. The molecule has 0 heterocycles. The highest BCUT2D eigenvalue weighted by Gasteiger charge is 2.49. The van der Waals surface area contributed by atoms with Gasteiger partial charge in [0, 0.05) is 13.5 Å². The summed E-state index contributed by atoms with van der Waals surface area (Å²) in [6.45, 7) is 5.26. The van der Waals surface area contributed by atoms with E-state index in [0.717, 1.165) is 24.7 Å². The predicted octanol–water partition coefficient (Wildman–Crippen LogP) is 3.03. The number of carbonyl (C=O) groups excluding carboxylic acids is 1. The molecule has 2 aliphatic carbocycles. The number of ether oxygens (including phenoxy) is 2. The molecule has 2 saturated carbocycles. The molecule has 0 aliphatic heterocycles. The van der Waals surface area contributed by atoms with Crippen LogP contribution in [0.15, 0.2) is 0 Å². The van der Waals surface area contributed by atoms with Gasteiger partial charge in [-0.15, -0.1) is 0 Å². The highest BCUT2D eigenvalue weighted by Crippen LogP contribution is 2.50. The molecule has 0 aromatic rings. The van der Waals surface area contributed by atoms with Crippen molar-refractivity contribution in [2.45, 2.75) is 46.0 Å². The maximum Gasteiger partial charge on any atom is 0.146 e. The van der Waals surface area contributed by atoms with Crippen LogP contribution in [0.1, 0.15) is 46.0 Å². The molecular formula is C15H26O3. The largest absolute Gasteiger partial charge is 0.359 e. The molecule has 0 amide bonds. The van der Waals surface area contributed by atoms with E-state index < -0.39 is 0 Å². The van der Waals surface area contributed by atoms with Crippen LogP contribution < -0.4 is 0 Å². The number of ketones is 1. The van der Waals surface area contributed by atoms with Gasteiger partial charge in [0.2, 0.25) is 0 Å². The Morgan fingerprint density at radius 3 is 2.83 bits per heavy atom. The molecule has 3 heteroatoms. The first-order valence-corrected chi connectivity index (χ1v) is 7.18. The maximum absolute atomic E-state index is 12.3. The van der Waals surface area contributed by atoms with Crippen LogP contribution in [0.3, 0.4) is 0 Å².